The fraction of sp³-hybridized carbons (Fsp3) is 0.294. The molecule has 3 nitrogen and oxygen atoms in total. The van der Waals surface area contributed by atoms with Crippen LogP contribution in [0.25, 0.3) is 0 Å². The van der Waals surface area contributed by atoms with Gasteiger partial charge in [0.25, 0.3) is 0 Å². The van der Waals surface area contributed by atoms with E-state index in [2.05, 4.69) is 5.32 Å². The first kappa shape index (κ1) is 16.2. The van der Waals surface area contributed by atoms with Crippen molar-refractivity contribution in [1.82, 2.24) is 5.32 Å². The summed E-state index contributed by atoms with van der Waals surface area (Å²) in [5.41, 5.74) is 0.348. The van der Waals surface area contributed by atoms with Crippen LogP contribution in [0.3, 0.4) is 0 Å². The number of fused-ring (bicyclic) bond motifs is 1. The number of ether oxygens (including phenoxy) is 1. The van der Waals surface area contributed by atoms with Crippen molar-refractivity contribution >= 4 is 11.8 Å². The van der Waals surface area contributed by atoms with Crippen molar-refractivity contribution in [2.45, 2.75) is 17.1 Å². The largest absolute Gasteiger partial charge is 0.487 e. The third-order valence-corrected chi connectivity index (χ3v) is 4.79. The number of hydrogen-bond acceptors (Lipinski definition) is 4. The molecule has 0 aromatic heterocycles. The molecule has 122 valence electrons. The maximum absolute atomic E-state index is 13.2. The number of para-hydroxylation sites is 1. The van der Waals surface area contributed by atoms with Gasteiger partial charge in [0, 0.05) is 23.7 Å². The molecule has 0 aliphatic carbocycles. The smallest absolute Gasteiger partial charge is 0.159 e. The molecule has 1 heterocycles. The molecule has 0 spiro atoms. The van der Waals surface area contributed by atoms with E-state index in [-0.39, 0.29) is 12.6 Å². The number of thioether (sulfide) groups is 1. The molecule has 0 amide bonds. The molecule has 2 atom stereocenters. The molecule has 3 rings (SSSR count). The minimum absolute atomic E-state index is 0.00653. The number of nitrogens with one attached hydrogen (secondary N) is 1. The van der Waals surface area contributed by atoms with Crippen LogP contribution >= 0.6 is 11.8 Å². The summed E-state index contributed by atoms with van der Waals surface area (Å²) in [6.45, 7) is 0.819. The van der Waals surface area contributed by atoms with Crippen molar-refractivity contribution in [3.63, 3.8) is 0 Å². The molecule has 2 N–H and O–H groups in total. The Bertz CT molecular complexity index is 683. The van der Waals surface area contributed by atoms with Crippen LogP contribution in [0.4, 0.5) is 8.78 Å². The van der Waals surface area contributed by atoms with Gasteiger partial charge in [0.1, 0.15) is 11.9 Å². The number of benzene rings is 2. The van der Waals surface area contributed by atoms with Crippen molar-refractivity contribution in [2.24, 2.45) is 0 Å². The predicted octanol–water partition coefficient (Wildman–Crippen LogP) is 3.14. The van der Waals surface area contributed by atoms with Gasteiger partial charge in [-0.15, -0.1) is 11.8 Å². The van der Waals surface area contributed by atoms with Crippen LogP contribution in [0.15, 0.2) is 47.4 Å². The van der Waals surface area contributed by atoms with Gasteiger partial charge in [-0.25, -0.2) is 8.78 Å². The first-order valence-corrected chi connectivity index (χ1v) is 8.34. The summed E-state index contributed by atoms with van der Waals surface area (Å²) in [5.74, 6) is -0.173. The number of aliphatic hydroxyl groups excluding tert-OH is 1. The van der Waals surface area contributed by atoms with Crippen molar-refractivity contribution in [3.8, 4) is 5.75 Å². The number of halogens is 2. The van der Waals surface area contributed by atoms with Gasteiger partial charge >= 0.3 is 0 Å². The SMILES string of the molecule is OC(CNCC1CSc2ccccc2O1)c1ccc(F)c(F)c1. The molecule has 23 heavy (non-hydrogen) atoms. The topological polar surface area (TPSA) is 41.5 Å². The molecule has 2 aromatic rings. The highest BCUT2D eigenvalue weighted by Gasteiger charge is 2.20. The molecule has 0 fully saturated rings. The quantitative estimate of drug-likeness (QED) is 0.880. The maximum atomic E-state index is 13.2. The molecule has 0 radical (unpaired) electrons. The lowest BCUT2D eigenvalue weighted by Gasteiger charge is -2.26. The van der Waals surface area contributed by atoms with Crippen LogP contribution in [0, 0.1) is 11.6 Å². The summed E-state index contributed by atoms with van der Waals surface area (Å²) < 4.78 is 31.9. The van der Waals surface area contributed by atoms with Gasteiger partial charge in [-0.2, -0.15) is 0 Å². The third-order valence-electron chi connectivity index (χ3n) is 3.61. The molecule has 2 aromatic carbocycles. The summed E-state index contributed by atoms with van der Waals surface area (Å²) in [7, 11) is 0. The van der Waals surface area contributed by atoms with Gasteiger partial charge in [-0.05, 0) is 29.8 Å². The summed E-state index contributed by atoms with van der Waals surface area (Å²) in [6.07, 6.45) is -0.888. The van der Waals surface area contributed by atoms with Crippen LogP contribution in [0.5, 0.6) is 5.75 Å². The van der Waals surface area contributed by atoms with Gasteiger partial charge in [0.2, 0.25) is 0 Å². The van der Waals surface area contributed by atoms with Gasteiger partial charge in [0.05, 0.1) is 6.10 Å². The normalized spacial score (nSPS) is 18.1. The van der Waals surface area contributed by atoms with Gasteiger partial charge in [-0.1, -0.05) is 18.2 Å². The summed E-state index contributed by atoms with van der Waals surface area (Å²) in [6, 6.07) is 11.3. The van der Waals surface area contributed by atoms with E-state index in [0.29, 0.717) is 12.1 Å². The number of hydrogen-bond donors (Lipinski definition) is 2. The molecule has 1 aliphatic rings. The minimum atomic E-state index is -0.954. The third kappa shape index (κ3) is 4.02. The standard InChI is InChI=1S/C17H17F2NO2S/c18-13-6-5-11(7-14(13)19)15(21)9-20-8-12-10-23-17-4-2-1-3-16(17)22-12/h1-7,12,15,20-21H,8-10H2. The van der Waals surface area contributed by atoms with E-state index in [9.17, 15) is 13.9 Å². The zero-order valence-corrected chi connectivity index (χ0v) is 13.2. The lowest BCUT2D eigenvalue weighted by molar-refractivity contribution is 0.160. The van der Waals surface area contributed by atoms with E-state index in [0.717, 1.165) is 28.5 Å². The molecule has 0 bridgehead atoms. The summed E-state index contributed by atoms with van der Waals surface area (Å²) >= 11 is 1.74. The molecular formula is C17H17F2NO2S. The second-order valence-electron chi connectivity index (χ2n) is 5.35. The van der Waals surface area contributed by atoms with Crippen molar-refractivity contribution in [1.29, 1.82) is 0 Å². The van der Waals surface area contributed by atoms with Crippen LogP contribution in [-0.4, -0.2) is 30.1 Å². The first-order valence-electron chi connectivity index (χ1n) is 7.35. The Morgan fingerprint density at radius 1 is 1.22 bits per heavy atom. The fourth-order valence-corrected chi connectivity index (χ4v) is 3.37. The van der Waals surface area contributed by atoms with Crippen LogP contribution in [0.1, 0.15) is 11.7 Å². The molecule has 0 saturated heterocycles. The Morgan fingerprint density at radius 2 is 2.04 bits per heavy atom. The monoisotopic (exact) mass is 337 g/mol. The van der Waals surface area contributed by atoms with E-state index in [4.69, 9.17) is 4.74 Å². The highest BCUT2D eigenvalue weighted by Crippen LogP contribution is 2.34. The minimum Gasteiger partial charge on any atom is -0.487 e. The first-order chi connectivity index (χ1) is 11.1. The van der Waals surface area contributed by atoms with Gasteiger partial charge < -0.3 is 15.2 Å². The number of aliphatic hydroxyl groups is 1. The molecular weight excluding hydrogens is 320 g/mol. The van der Waals surface area contributed by atoms with Gasteiger partial charge in [0.15, 0.2) is 11.6 Å². The Labute approximate surface area is 137 Å². The van der Waals surface area contributed by atoms with E-state index in [1.54, 1.807) is 11.8 Å². The van der Waals surface area contributed by atoms with Crippen molar-refractivity contribution < 1.29 is 18.6 Å². The van der Waals surface area contributed by atoms with Crippen LogP contribution in [0.2, 0.25) is 0 Å². The Hall–Kier alpha value is -1.63. The van der Waals surface area contributed by atoms with Crippen LogP contribution in [-0.2, 0) is 0 Å². The Balaban J connectivity index is 1.49. The average molecular weight is 337 g/mol. The molecule has 1 aliphatic heterocycles. The summed E-state index contributed by atoms with van der Waals surface area (Å²) in [5, 5.41) is 13.1. The zero-order chi connectivity index (χ0) is 16.2. The van der Waals surface area contributed by atoms with E-state index >= 15 is 0 Å². The lowest BCUT2D eigenvalue weighted by Crippen LogP contribution is -2.36. The second kappa shape index (κ2) is 7.29. The number of rotatable bonds is 5. The highest BCUT2D eigenvalue weighted by atomic mass is 32.2. The Morgan fingerprint density at radius 3 is 2.87 bits per heavy atom. The Kier molecular flexibility index (Phi) is 5.15. The molecule has 2 unspecified atom stereocenters. The van der Waals surface area contributed by atoms with Crippen molar-refractivity contribution in [3.05, 3.63) is 59.7 Å². The van der Waals surface area contributed by atoms with E-state index in [1.807, 2.05) is 24.3 Å². The second-order valence-corrected chi connectivity index (χ2v) is 6.41. The molecule has 6 heteroatoms. The summed E-state index contributed by atoms with van der Waals surface area (Å²) in [4.78, 5) is 1.13. The predicted molar refractivity (Wildman–Crippen MR) is 85.8 cm³/mol. The molecule has 0 saturated carbocycles. The van der Waals surface area contributed by atoms with E-state index in [1.165, 1.54) is 6.07 Å². The fourth-order valence-electron chi connectivity index (χ4n) is 2.38. The zero-order valence-electron chi connectivity index (χ0n) is 12.3. The lowest BCUT2D eigenvalue weighted by atomic mass is 10.1. The van der Waals surface area contributed by atoms with Gasteiger partial charge in [-0.3, -0.25) is 0 Å². The van der Waals surface area contributed by atoms with E-state index < -0.39 is 17.7 Å². The average Bonchev–Trinajstić information content (AvgIpc) is 2.57. The van der Waals surface area contributed by atoms with Crippen LogP contribution < -0.4 is 10.1 Å². The highest BCUT2D eigenvalue weighted by molar-refractivity contribution is 7.99. The maximum Gasteiger partial charge on any atom is 0.159 e. The van der Waals surface area contributed by atoms with Crippen molar-refractivity contribution in [2.75, 3.05) is 18.8 Å².